The van der Waals surface area contributed by atoms with Crippen molar-refractivity contribution in [1.82, 2.24) is 25.0 Å². The molecule has 2 aliphatic heterocycles. The molecule has 2 aromatic rings. The van der Waals surface area contributed by atoms with E-state index in [2.05, 4.69) is 16.3 Å². The highest BCUT2D eigenvalue weighted by Crippen LogP contribution is 2.29. The summed E-state index contributed by atoms with van der Waals surface area (Å²) in [5.41, 5.74) is 1.84. The average molecular weight is 355 g/mol. The fourth-order valence-electron chi connectivity index (χ4n) is 4.19. The molecular formula is C19H25N5O2. The molecule has 1 atom stereocenters. The maximum atomic E-state index is 13.0. The van der Waals surface area contributed by atoms with Crippen LogP contribution < -0.4 is 0 Å². The van der Waals surface area contributed by atoms with Gasteiger partial charge in [0.25, 0.3) is 0 Å². The largest absolute Gasteiger partial charge is 0.343 e. The van der Waals surface area contributed by atoms with Crippen molar-refractivity contribution in [3.8, 4) is 0 Å². The highest BCUT2D eigenvalue weighted by molar-refractivity contribution is 5.80. The molecule has 0 saturated carbocycles. The number of likely N-dealkylation sites (tertiary alicyclic amines) is 2. The van der Waals surface area contributed by atoms with Crippen molar-refractivity contribution in [2.75, 3.05) is 26.2 Å². The van der Waals surface area contributed by atoms with Crippen LogP contribution in [0.5, 0.6) is 0 Å². The molecule has 26 heavy (non-hydrogen) atoms. The summed E-state index contributed by atoms with van der Waals surface area (Å²) in [5.74, 6) is 0.680. The van der Waals surface area contributed by atoms with Crippen molar-refractivity contribution in [3.05, 3.63) is 24.0 Å². The molecule has 2 aliphatic rings. The van der Waals surface area contributed by atoms with Gasteiger partial charge < -0.3 is 9.80 Å². The maximum absolute atomic E-state index is 13.0. The van der Waals surface area contributed by atoms with Gasteiger partial charge in [-0.2, -0.15) is 5.10 Å². The Hall–Kier alpha value is -2.44. The monoisotopic (exact) mass is 355 g/mol. The van der Waals surface area contributed by atoms with Gasteiger partial charge in [-0.25, -0.2) is 4.98 Å². The first-order valence-corrected chi connectivity index (χ1v) is 9.46. The third-order valence-corrected chi connectivity index (χ3v) is 5.76. The van der Waals surface area contributed by atoms with Gasteiger partial charge in [-0.15, -0.1) is 0 Å². The molecule has 2 amide bonds. The second-order valence-corrected chi connectivity index (χ2v) is 7.45. The number of rotatable bonds is 2. The van der Waals surface area contributed by atoms with Crippen LogP contribution in [0.3, 0.4) is 0 Å². The number of carbonyl (C=O) groups is 2. The van der Waals surface area contributed by atoms with E-state index in [1.54, 1.807) is 13.1 Å². The molecule has 4 rings (SSSR count). The molecule has 1 N–H and O–H groups in total. The van der Waals surface area contributed by atoms with Gasteiger partial charge in [0.05, 0.1) is 6.20 Å². The Morgan fingerprint density at radius 1 is 1.12 bits per heavy atom. The number of carbonyl (C=O) groups excluding carboxylic acids is 2. The van der Waals surface area contributed by atoms with E-state index in [1.807, 2.05) is 15.9 Å². The van der Waals surface area contributed by atoms with Gasteiger partial charge in [0.2, 0.25) is 11.8 Å². The van der Waals surface area contributed by atoms with Gasteiger partial charge in [-0.1, -0.05) is 0 Å². The van der Waals surface area contributed by atoms with E-state index in [1.165, 1.54) is 0 Å². The Labute approximate surface area is 152 Å². The van der Waals surface area contributed by atoms with Crippen LogP contribution in [0.2, 0.25) is 0 Å². The average Bonchev–Trinajstić information content (AvgIpc) is 3.15. The minimum atomic E-state index is 0.0485. The first kappa shape index (κ1) is 17.0. The van der Waals surface area contributed by atoms with Crippen LogP contribution in [0.15, 0.2) is 18.3 Å². The lowest BCUT2D eigenvalue weighted by Crippen LogP contribution is -2.46. The minimum Gasteiger partial charge on any atom is -0.343 e. The van der Waals surface area contributed by atoms with E-state index in [9.17, 15) is 9.59 Å². The van der Waals surface area contributed by atoms with Gasteiger partial charge >= 0.3 is 0 Å². The Morgan fingerprint density at radius 3 is 2.69 bits per heavy atom. The van der Waals surface area contributed by atoms with Gasteiger partial charge in [-0.05, 0) is 37.8 Å². The van der Waals surface area contributed by atoms with Crippen LogP contribution in [0, 0.1) is 5.92 Å². The van der Waals surface area contributed by atoms with Gasteiger partial charge in [0.15, 0.2) is 5.65 Å². The van der Waals surface area contributed by atoms with Crippen molar-refractivity contribution >= 4 is 22.8 Å². The first-order valence-electron chi connectivity index (χ1n) is 9.46. The molecule has 7 heteroatoms. The molecule has 0 aliphatic carbocycles. The second-order valence-electron chi connectivity index (χ2n) is 7.45. The molecule has 0 aromatic carbocycles. The van der Waals surface area contributed by atoms with Crippen molar-refractivity contribution in [2.45, 2.75) is 38.5 Å². The Bertz CT molecular complexity index is 809. The zero-order valence-electron chi connectivity index (χ0n) is 15.1. The fraction of sp³-hybridized carbons (Fsp3) is 0.579. The van der Waals surface area contributed by atoms with Crippen LogP contribution in [-0.2, 0) is 9.59 Å². The summed E-state index contributed by atoms with van der Waals surface area (Å²) in [5, 5.41) is 7.96. The SMILES string of the molecule is CC(=O)N1CCC(C(=O)N2CCCC(c3ccc4cn[nH]c4n3)C2)CC1. The lowest BCUT2D eigenvalue weighted by molar-refractivity contribution is -0.141. The lowest BCUT2D eigenvalue weighted by Gasteiger charge is -2.37. The maximum Gasteiger partial charge on any atom is 0.225 e. The number of fused-ring (bicyclic) bond motifs is 1. The Morgan fingerprint density at radius 2 is 1.92 bits per heavy atom. The number of aromatic amines is 1. The molecule has 2 fully saturated rings. The van der Waals surface area contributed by atoms with Gasteiger partial charge in [-0.3, -0.25) is 14.7 Å². The zero-order chi connectivity index (χ0) is 18.1. The third kappa shape index (κ3) is 3.30. The highest BCUT2D eigenvalue weighted by Gasteiger charge is 2.32. The summed E-state index contributed by atoms with van der Waals surface area (Å²) >= 11 is 0. The Kier molecular flexibility index (Phi) is 4.61. The molecule has 2 aromatic heterocycles. The first-order chi connectivity index (χ1) is 12.6. The molecule has 0 bridgehead atoms. The minimum absolute atomic E-state index is 0.0485. The number of pyridine rings is 1. The fourth-order valence-corrected chi connectivity index (χ4v) is 4.19. The quantitative estimate of drug-likeness (QED) is 0.892. The van der Waals surface area contributed by atoms with E-state index in [0.717, 1.165) is 55.5 Å². The number of piperidine rings is 2. The van der Waals surface area contributed by atoms with Crippen molar-refractivity contribution in [1.29, 1.82) is 0 Å². The van der Waals surface area contributed by atoms with Crippen molar-refractivity contribution in [2.24, 2.45) is 5.92 Å². The summed E-state index contributed by atoms with van der Waals surface area (Å²) in [6.45, 7) is 4.55. The summed E-state index contributed by atoms with van der Waals surface area (Å²) in [6.07, 6.45) is 5.39. The topological polar surface area (TPSA) is 82.2 Å². The molecule has 0 radical (unpaired) electrons. The van der Waals surface area contributed by atoms with Crippen LogP contribution in [-0.4, -0.2) is 63.0 Å². The molecule has 4 heterocycles. The van der Waals surface area contributed by atoms with Crippen LogP contribution in [0.25, 0.3) is 11.0 Å². The van der Waals surface area contributed by atoms with Gasteiger partial charge in [0.1, 0.15) is 0 Å². The summed E-state index contributed by atoms with van der Waals surface area (Å²) in [7, 11) is 0. The number of aromatic nitrogens is 3. The number of amides is 2. The number of hydrogen-bond acceptors (Lipinski definition) is 4. The summed E-state index contributed by atoms with van der Waals surface area (Å²) < 4.78 is 0. The number of nitrogens with zero attached hydrogens (tertiary/aromatic N) is 4. The summed E-state index contributed by atoms with van der Waals surface area (Å²) in [6, 6.07) is 4.10. The van der Waals surface area contributed by atoms with Crippen LogP contribution in [0.1, 0.15) is 44.2 Å². The predicted octanol–water partition coefficient (Wildman–Crippen LogP) is 1.92. The van der Waals surface area contributed by atoms with Crippen LogP contribution >= 0.6 is 0 Å². The van der Waals surface area contributed by atoms with Crippen molar-refractivity contribution in [3.63, 3.8) is 0 Å². The van der Waals surface area contributed by atoms with E-state index < -0.39 is 0 Å². The van der Waals surface area contributed by atoms with E-state index in [0.29, 0.717) is 13.1 Å². The zero-order valence-corrected chi connectivity index (χ0v) is 15.1. The smallest absolute Gasteiger partial charge is 0.225 e. The number of hydrogen-bond donors (Lipinski definition) is 1. The normalized spacial score (nSPS) is 22.0. The molecule has 7 nitrogen and oxygen atoms in total. The Balaban J connectivity index is 1.41. The van der Waals surface area contributed by atoms with E-state index in [-0.39, 0.29) is 23.7 Å². The van der Waals surface area contributed by atoms with Crippen LogP contribution in [0.4, 0.5) is 0 Å². The lowest BCUT2D eigenvalue weighted by atomic mass is 9.90. The highest BCUT2D eigenvalue weighted by atomic mass is 16.2. The molecular weight excluding hydrogens is 330 g/mol. The molecule has 138 valence electrons. The number of H-pyrrole nitrogens is 1. The second kappa shape index (κ2) is 7.05. The third-order valence-electron chi connectivity index (χ3n) is 5.76. The molecule has 0 spiro atoms. The predicted molar refractivity (Wildman–Crippen MR) is 97.4 cm³/mol. The standard InChI is InChI=1S/C19H25N5O2/c1-13(25)23-9-6-14(7-10-23)19(26)24-8-2-3-16(12-24)17-5-4-15-11-20-22-18(15)21-17/h4-5,11,14,16H,2-3,6-10,12H2,1H3,(H,20,21,22). The van der Waals surface area contributed by atoms with E-state index in [4.69, 9.17) is 4.98 Å². The van der Waals surface area contributed by atoms with E-state index >= 15 is 0 Å². The molecule has 1 unspecified atom stereocenters. The summed E-state index contributed by atoms with van der Waals surface area (Å²) in [4.78, 5) is 33.0. The molecule has 2 saturated heterocycles. The van der Waals surface area contributed by atoms with Gasteiger partial charge in [0, 0.05) is 56.0 Å². The number of nitrogens with one attached hydrogen (secondary N) is 1. The van der Waals surface area contributed by atoms with Crippen molar-refractivity contribution < 1.29 is 9.59 Å².